The first-order valence-corrected chi connectivity index (χ1v) is 4.85. The summed E-state index contributed by atoms with van der Waals surface area (Å²) in [6.07, 6.45) is 0. The van der Waals surface area contributed by atoms with Crippen molar-refractivity contribution in [3.8, 4) is 11.5 Å². The normalized spacial score (nSPS) is 10.2. The first-order chi connectivity index (χ1) is 7.66. The highest BCUT2D eigenvalue weighted by Gasteiger charge is 2.08. The van der Waals surface area contributed by atoms with Gasteiger partial charge < -0.3 is 4.74 Å². The first-order valence-electron chi connectivity index (χ1n) is 4.85. The van der Waals surface area contributed by atoms with Crippen LogP contribution in [0.25, 0.3) is 0 Å². The van der Waals surface area contributed by atoms with Gasteiger partial charge in [-0.25, -0.2) is 8.78 Å². The van der Waals surface area contributed by atoms with Crippen LogP contribution < -0.4 is 4.74 Å². The number of hydrogen-bond donors (Lipinski definition) is 0. The molecular formula is C13H10F2O. The van der Waals surface area contributed by atoms with Gasteiger partial charge in [0.15, 0.2) is 11.6 Å². The van der Waals surface area contributed by atoms with Crippen molar-refractivity contribution in [3.63, 3.8) is 0 Å². The summed E-state index contributed by atoms with van der Waals surface area (Å²) in [7, 11) is 0. The maximum atomic E-state index is 13.0. The maximum absolute atomic E-state index is 13.0. The number of halogens is 2. The zero-order valence-electron chi connectivity index (χ0n) is 8.71. The molecule has 0 aliphatic carbocycles. The molecule has 0 amide bonds. The van der Waals surface area contributed by atoms with Crippen molar-refractivity contribution >= 4 is 0 Å². The van der Waals surface area contributed by atoms with Gasteiger partial charge in [0.05, 0.1) is 0 Å². The SMILES string of the molecule is Cc1cc(F)c(F)cc1Oc1ccccc1. The van der Waals surface area contributed by atoms with E-state index in [0.29, 0.717) is 17.1 Å². The third kappa shape index (κ3) is 2.19. The molecule has 16 heavy (non-hydrogen) atoms. The summed E-state index contributed by atoms with van der Waals surface area (Å²) in [6, 6.07) is 11.1. The molecule has 0 saturated heterocycles. The van der Waals surface area contributed by atoms with Gasteiger partial charge in [0.25, 0.3) is 0 Å². The van der Waals surface area contributed by atoms with Gasteiger partial charge in [0, 0.05) is 6.07 Å². The Kier molecular flexibility index (Phi) is 2.86. The molecule has 0 aromatic heterocycles. The summed E-state index contributed by atoms with van der Waals surface area (Å²) in [4.78, 5) is 0. The molecule has 0 atom stereocenters. The lowest BCUT2D eigenvalue weighted by Gasteiger charge is -2.08. The van der Waals surface area contributed by atoms with Gasteiger partial charge >= 0.3 is 0 Å². The first kappa shape index (κ1) is 10.6. The fraction of sp³-hybridized carbons (Fsp3) is 0.0769. The molecule has 0 N–H and O–H groups in total. The molecular weight excluding hydrogens is 210 g/mol. The molecule has 2 aromatic rings. The van der Waals surface area contributed by atoms with E-state index in [4.69, 9.17) is 4.74 Å². The summed E-state index contributed by atoms with van der Waals surface area (Å²) in [6.45, 7) is 1.67. The van der Waals surface area contributed by atoms with Crippen molar-refractivity contribution in [1.82, 2.24) is 0 Å². The number of rotatable bonds is 2. The Morgan fingerprint density at radius 2 is 1.56 bits per heavy atom. The van der Waals surface area contributed by atoms with E-state index in [9.17, 15) is 8.78 Å². The van der Waals surface area contributed by atoms with Crippen LogP contribution in [0.4, 0.5) is 8.78 Å². The standard InChI is InChI=1S/C13H10F2O/c1-9-7-11(14)12(15)8-13(9)16-10-5-3-2-4-6-10/h2-8H,1H3. The van der Waals surface area contributed by atoms with Crippen LogP contribution in [0.15, 0.2) is 42.5 Å². The number of ether oxygens (including phenoxy) is 1. The van der Waals surface area contributed by atoms with Crippen molar-refractivity contribution in [2.75, 3.05) is 0 Å². The Morgan fingerprint density at radius 3 is 2.25 bits per heavy atom. The Hall–Kier alpha value is -1.90. The molecule has 3 heteroatoms. The van der Waals surface area contributed by atoms with Gasteiger partial charge in [-0.1, -0.05) is 18.2 Å². The molecule has 82 valence electrons. The minimum atomic E-state index is -0.906. The number of hydrogen-bond acceptors (Lipinski definition) is 1. The Bertz CT molecular complexity index is 495. The van der Waals surface area contributed by atoms with Gasteiger partial charge in [-0.3, -0.25) is 0 Å². The van der Waals surface area contributed by atoms with Gasteiger partial charge in [0.2, 0.25) is 0 Å². The second-order valence-electron chi connectivity index (χ2n) is 3.45. The van der Waals surface area contributed by atoms with Gasteiger partial charge in [-0.2, -0.15) is 0 Å². The largest absolute Gasteiger partial charge is 0.457 e. The van der Waals surface area contributed by atoms with E-state index in [0.717, 1.165) is 12.1 Å². The molecule has 1 nitrogen and oxygen atoms in total. The lowest BCUT2D eigenvalue weighted by molar-refractivity contribution is 0.457. The third-order valence-electron chi connectivity index (χ3n) is 2.19. The van der Waals surface area contributed by atoms with Crippen molar-refractivity contribution in [1.29, 1.82) is 0 Å². The second kappa shape index (κ2) is 4.31. The minimum Gasteiger partial charge on any atom is -0.457 e. The maximum Gasteiger partial charge on any atom is 0.162 e. The highest BCUT2D eigenvalue weighted by Crippen LogP contribution is 2.26. The molecule has 0 spiro atoms. The molecule has 0 bridgehead atoms. The van der Waals surface area contributed by atoms with Crippen LogP contribution in [0, 0.1) is 18.6 Å². The van der Waals surface area contributed by atoms with Crippen molar-refractivity contribution in [3.05, 3.63) is 59.7 Å². The molecule has 2 aromatic carbocycles. The van der Waals surface area contributed by atoms with Crippen LogP contribution in [0.3, 0.4) is 0 Å². The van der Waals surface area contributed by atoms with Crippen LogP contribution >= 0.6 is 0 Å². The van der Waals surface area contributed by atoms with Gasteiger partial charge in [-0.05, 0) is 30.7 Å². The molecule has 0 aliphatic rings. The monoisotopic (exact) mass is 220 g/mol. The molecule has 0 aliphatic heterocycles. The van der Waals surface area contributed by atoms with E-state index in [1.165, 1.54) is 0 Å². The highest BCUT2D eigenvalue weighted by atomic mass is 19.2. The zero-order valence-corrected chi connectivity index (χ0v) is 8.71. The Balaban J connectivity index is 2.32. The average Bonchev–Trinajstić information content (AvgIpc) is 2.27. The Morgan fingerprint density at radius 1 is 0.938 bits per heavy atom. The van der Waals surface area contributed by atoms with E-state index in [1.54, 1.807) is 19.1 Å². The van der Waals surface area contributed by atoms with Crippen molar-refractivity contribution in [2.24, 2.45) is 0 Å². The molecule has 0 unspecified atom stereocenters. The smallest absolute Gasteiger partial charge is 0.162 e. The minimum absolute atomic E-state index is 0.324. The third-order valence-corrected chi connectivity index (χ3v) is 2.19. The van der Waals surface area contributed by atoms with Gasteiger partial charge in [-0.15, -0.1) is 0 Å². The van der Waals surface area contributed by atoms with Crippen molar-refractivity contribution in [2.45, 2.75) is 6.92 Å². The lowest BCUT2D eigenvalue weighted by atomic mass is 10.2. The molecule has 0 fully saturated rings. The van der Waals surface area contributed by atoms with Crippen LogP contribution in [0.2, 0.25) is 0 Å². The number of benzene rings is 2. The van der Waals surface area contributed by atoms with Crippen LogP contribution in [-0.2, 0) is 0 Å². The van der Waals surface area contributed by atoms with E-state index >= 15 is 0 Å². The fourth-order valence-electron chi connectivity index (χ4n) is 1.35. The van der Waals surface area contributed by atoms with E-state index in [-0.39, 0.29) is 0 Å². The van der Waals surface area contributed by atoms with Crippen LogP contribution in [-0.4, -0.2) is 0 Å². The van der Waals surface area contributed by atoms with E-state index in [1.807, 2.05) is 18.2 Å². The predicted octanol–water partition coefficient (Wildman–Crippen LogP) is 4.07. The second-order valence-corrected chi connectivity index (χ2v) is 3.45. The summed E-state index contributed by atoms with van der Waals surface area (Å²) in [5, 5.41) is 0. The average molecular weight is 220 g/mol. The molecule has 2 rings (SSSR count). The van der Waals surface area contributed by atoms with Crippen LogP contribution in [0.1, 0.15) is 5.56 Å². The molecule has 0 saturated carbocycles. The quantitative estimate of drug-likeness (QED) is 0.741. The van der Waals surface area contributed by atoms with Gasteiger partial charge in [0.1, 0.15) is 11.5 Å². The number of para-hydroxylation sites is 1. The number of aryl methyl sites for hydroxylation is 1. The summed E-state index contributed by atoms with van der Waals surface area (Å²) < 4.78 is 31.3. The topological polar surface area (TPSA) is 9.23 Å². The Labute approximate surface area is 92.3 Å². The lowest BCUT2D eigenvalue weighted by Crippen LogP contribution is -1.91. The zero-order chi connectivity index (χ0) is 11.5. The predicted molar refractivity (Wildman–Crippen MR) is 57.6 cm³/mol. The molecule has 0 radical (unpaired) electrons. The summed E-state index contributed by atoms with van der Waals surface area (Å²) in [5.41, 5.74) is 0.558. The van der Waals surface area contributed by atoms with E-state index < -0.39 is 11.6 Å². The van der Waals surface area contributed by atoms with E-state index in [2.05, 4.69) is 0 Å². The molecule has 0 heterocycles. The summed E-state index contributed by atoms with van der Waals surface area (Å²) in [5.74, 6) is -0.851. The fourth-order valence-corrected chi connectivity index (χ4v) is 1.35. The van der Waals surface area contributed by atoms with Crippen molar-refractivity contribution < 1.29 is 13.5 Å². The highest BCUT2D eigenvalue weighted by molar-refractivity contribution is 5.37. The summed E-state index contributed by atoms with van der Waals surface area (Å²) >= 11 is 0. The van der Waals surface area contributed by atoms with Crippen LogP contribution in [0.5, 0.6) is 11.5 Å².